The number of nitrogens with two attached hydrogens (primary N) is 1. The fourth-order valence-corrected chi connectivity index (χ4v) is 1.85. The maximum Gasteiger partial charge on any atom is 0.119 e. The second kappa shape index (κ2) is 6.48. The topological polar surface area (TPSA) is 71.1 Å². The Kier molecular flexibility index (Phi) is 4.46. The number of rotatable bonds is 5. The van der Waals surface area contributed by atoms with E-state index in [1.165, 1.54) is 0 Å². The summed E-state index contributed by atoms with van der Waals surface area (Å²) in [4.78, 5) is 0. The van der Waals surface area contributed by atoms with Gasteiger partial charge in [-0.05, 0) is 42.8 Å². The fraction of sp³-hybridized carbons (Fsp3) is 0.188. The highest BCUT2D eigenvalue weighted by Crippen LogP contribution is 2.21. The first-order valence-electron chi connectivity index (χ1n) is 6.48. The molecule has 0 spiro atoms. The zero-order valence-electron chi connectivity index (χ0n) is 11.4. The molecule has 0 aromatic heterocycles. The molecule has 20 heavy (non-hydrogen) atoms. The number of ether oxygens (including phenoxy) is 1. The fourth-order valence-electron chi connectivity index (χ4n) is 1.85. The lowest BCUT2D eigenvalue weighted by Crippen LogP contribution is -2.03. The predicted octanol–water partition coefficient (Wildman–Crippen LogP) is 3.15. The first-order chi connectivity index (χ1) is 9.72. The molecule has 0 bridgehead atoms. The molecule has 0 amide bonds. The van der Waals surface area contributed by atoms with Crippen LogP contribution in [-0.4, -0.2) is 6.61 Å². The summed E-state index contributed by atoms with van der Waals surface area (Å²) in [6, 6.07) is 15.2. The number of nitrogens with zero attached hydrogens (tertiary/aromatic N) is 1. The molecule has 0 atom stereocenters. The average Bonchev–Trinajstić information content (AvgIpc) is 2.48. The van der Waals surface area contributed by atoms with Crippen LogP contribution < -0.4 is 15.8 Å². The molecule has 0 aliphatic heterocycles. The van der Waals surface area contributed by atoms with Crippen LogP contribution in [0.4, 0.5) is 11.4 Å². The Hall–Kier alpha value is -2.67. The highest BCUT2D eigenvalue weighted by atomic mass is 16.5. The lowest BCUT2D eigenvalue weighted by atomic mass is 10.1. The maximum atomic E-state index is 8.89. The Balaban J connectivity index is 2.03. The Morgan fingerprint density at radius 2 is 1.95 bits per heavy atom. The standard InChI is InChI=1S/C16H17N3O/c1-2-20-14-6-3-12(4-7-14)11-19-16-9-13(10-17)5-8-15(16)18/h3-9,19H,2,11,18H2,1H3. The van der Waals surface area contributed by atoms with Crippen LogP contribution in [-0.2, 0) is 6.54 Å². The van der Waals surface area contributed by atoms with Crippen LogP contribution in [0.3, 0.4) is 0 Å². The van der Waals surface area contributed by atoms with Gasteiger partial charge in [0, 0.05) is 6.54 Å². The smallest absolute Gasteiger partial charge is 0.119 e. The van der Waals surface area contributed by atoms with Gasteiger partial charge in [0.15, 0.2) is 0 Å². The highest BCUT2D eigenvalue weighted by Gasteiger charge is 2.01. The van der Waals surface area contributed by atoms with E-state index in [4.69, 9.17) is 15.7 Å². The van der Waals surface area contributed by atoms with Gasteiger partial charge < -0.3 is 15.8 Å². The molecule has 0 saturated carbocycles. The second-order valence-corrected chi connectivity index (χ2v) is 4.34. The van der Waals surface area contributed by atoms with Gasteiger partial charge in [-0.1, -0.05) is 12.1 Å². The van der Waals surface area contributed by atoms with E-state index in [2.05, 4.69) is 11.4 Å². The summed E-state index contributed by atoms with van der Waals surface area (Å²) in [6.45, 7) is 3.26. The number of nitriles is 1. The van der Waals surface area contributed by atoms with Crippen molar-refractivity contribution in [3.8, 4) is 11.8 Å². The van der Waals surface area contributed by atoms with Crippen molar-refractivity contribution >= 4 is 11.4 Å². The van der Waals surface area contributed by atoms with Crippen molar-refractivity contribution < 1.29 is 4.74 Å². The van der Waals surface area contributed by atoms with Crippen molar-refractivity contribution in [2.24, 2.45) is 0 Å². The van der Waals surface area contributed by atoms with Crippen LogP contribution in [0.5, 0.6) is 5.75 Å². The molecule has 102 valence electrons. The molecule has 4 nitrogen and oxygen atoms in total. The van der Waals surface area contributed by atoms with E-state index in [0.29, 0.717) is 24.4 Å². The summed E-state index contributed by atoms with van der Waals surface area (Å²) in [5, 5.41) is 12.1. The summed E-state index contributed by atoms with van der Waals surface area (Å²) in [5.74, 6) is 0.863. The van der Waals surface area contributed by atoms with Crippen LogP contribution >= 0.6 is 0 Å². The zero-order valence-corrected chi connectivity index (χ0v) is 11.4. The quantitative estimate of drug-likeness (QED) is 0.816. The summed E-state index contributed by atoms with van der Waals surface area (Å²) in [6.07, 6.45) is 0. The third-order valence-corrected chi connectivity index (χ3v) is 2.90. The highest BCUT2D eigenvalue weighted by molar-refractivity contribution is 5.68. The lowest BCUT2D eigenvalue weighted by molar-refractivity contribution is 0.340. The third-order valence-electron chi connectivity index (χ3n) is 2.90. The Morgan fingerprint density at radius 1 is 1.20 bits per heavy atom. The Morgan fingerprint density at radius 3 is 2.60 bits per heavy atom. The van der Waals surface area contributed by atoms with Gasteiger partial charge in [0.2, 0.25) is 0 Å². The van der Waals surface area contributed by atoms with E-state index in [-0.39, 0.29) is 0 Å². The molecule has 0 aliphatic carbocycles. The SMILES string of the molecule is CCOc1ccc(CNc2cc(C#N)ccc2N)cc1. The van der Waals surface area contributed by atoms with Crippen LogP contribution in [0.1, 0.15) is 18.1 Å². The number of hydrogen-bond acceptors (Lipinski definition) is 4. The number of anilines is 2. The molecule has 0 radical (unpaired) electrons. The monoisotopic (exact) mass is 267 g/mol. The minimum absolute atomic E-state index is 0.591. The molecule has 0 heterocycles. The van der Waals surface area contributed by atoms with Crippen molar-refractivity contribution in [3.63, 3.8) is 0 Å². The number of benzene rings is 2. The molecule has 0 aliphatic rings. The summed E-state index contributed by atoms with van der Waals surface area (Å²) >= 11 is 0. The van der Waals surface area contributed by atoms with E-state index in [1.54, 1.807) is 18.2 Å². The Labute approximate surface area is 118 Å². The van der Waals surface area contributed by atoms with Crippen molar-refractivity contribution in [3.05, 3.63) is 53.6 Å². The number of nitrogens with one attached hydrogen (secondary N) is 1. The molecule has 2 aromatic carbocycles. The van der Waals surface area contributed by atoms with Gasteiger partial charge in [0.25, 0.3) is 0 Å². The van der Waals surface area contributed by atoms with Crippen molar-refractivity contribution in [1.29, 1.82) is 5.26 Å². The zero-order chi connectivity index (χ0) is 14.4. The summed E-state index contributed by atoms with van der Waals surface area (Å²) in [7, 11) is 0. The van der Waals surface area contributed by atoms with Gasteiger partial charge in [-0.25, -0.2) is 0 Å². The van der Waals surface area contributed by atoms with Crippen molar-refractivity contribution in [2.45, 2.75) is 13.5 Å². The van der Waals surface area contributed by atoms with Gasteiger partial charge >= 0.3 is 0 Å². The maximum absolute atomic E-state index is 8.89. The van der Waals surface area contributed by atoms with Crippen molar-refractivity contribution in [1.82, 2.24) is 0 Å². The Bertz CT molecular complexity index is 615. The molecule has 2 aromatic rings. The molecule has 2 rings (SSSR count). The van der Waals surface area contributed by atoms with Crippen LogP contribution in [0.2, 0.25) is 0 Å². The summed E-state index contributed by atoms with van der Waals surface area (Å²) in [5.41, 5.74) is 9.00. The molecule has 3 N–H and O–H groups in total. The van der Waals surface area contributed by atoms with Crippen molar-refractivity contribution in [2.75, 3.05) is 17.7 Å². The van der Waals surface area contributed by atoms with E-state index < -0.39 is 0 Å². The predicted molar refractivity (Wildman–Crippen MR) is 80.5 cm³/mol. The van der Waals surface area contributed by atoms with Gasteiger partial charge in [-0.2, -0.15) is 5.26 Å². The molecule has 4 heteroatoms. The van der Waals surface area contributed by atoms with Crippen LogP contribution in [0.25, 0.3) is 0 Å². The van der Waals surface area contributed by atoms with E-state index in [9.17, 15) is 0 Å². The van der Waals surface area contributed by atoms with E-state index in [1.807, 2.05) is 31.2 Å². The van der Waals surface area contributed by atoms with Gasteiger partial charge in [-0.15, -0.1) is 0 Å². The minimum Gasteiger partial charge on any atom is -0.494 e. The normalized spacial score (nSPS) is 9.80. The lowest BCUT2D eigenvalue weighted by Gasteiger charge is -2.10. The molecule has 0 saturated heterocycles. The van der Waals surface area contributed by atoms with E-state index >= 15 is 0 Å². The average molecular weight is 267 g/mol. The molecule has 0 unspecified atom stereocenters. The van der Waals surface area contributed by atoms with Gasteiger partial charge in [-0.3, -0.25) is 0 Å². The molecule has 0 fully saturated rings. The summed E-state index contributed by atoms with van der Waals surface area (Å²) < 4.78 is 5.40. The third kappa shape index (κ3) is 3.42. The second-order valence-electron chi connectivity index (χ2n) is 4.34. The van der Waals surface area contributed by atoms with Crippen LogP contribution in [0.15, 0.2) is 42.5 Å². The molecular weight excluding hydrogens is 250 g/mol. The van der Waals surface area contributed by atoms with E-state index in [0.717, 1.165) is 17.0 Å². The van der Waals surface area contributed by atoms with Gasteiger partial charge in [0.05, 0.1) is 29.6 Å². The van der Waals surface area contributed by atoms with Crippen LogP contribution in [0, 0.1) is 11.3 Å². The molecular formula is C16H17N3O. The first kappa shape index (κ1) is 13.8. The number of hydrogen-bond donors (Lipinski definition) is 2. The largest absolute Gasteiger partial charge is 0.494 e. The van der Waals surface area contributed by atoms with Gasteiger partial charge in [0.1, 0.15) is 5.75 Å². The minimum atomic E-state index is 0.591. The first-order valence-corrected chi connectivity index (χ1v) is 6.48. The number of nitrogen functional groups attached to an aromatic ring is 1.